The molecular weight excluding hydrogens is 282 g/mol. The normalized spacial score (nSPS) is 11.3. The molecule has 0 heterocycles. The van der Waals surface area contributed by atoms with Gasteiger partial charge in [0.25, 0.3) is 0 Å². The van der Waals surface area contributed by atoms with E-state index in [4.69, 9.17) is 5.11 Å². The molecule has 17 heavy (non-hydrogen) atoms. The second-order valence-electron chi connectivity index (χ2n) is 4.87. The van der Waals surface area contributed by atoms with Crippen molar-refractivity contribution in [3.05, 3.63) is 28.2 Å². The maximum atomic E-state index is 10.8. The van der Waals surface area contributed by atoms with E-state index >= 15 is 0 Å². The summed E-state index contributed by atoms with van der Waals surface area (Å²) < 4.78 is 0.782. The molecule has 0 aromatic heterocycles. The van der Waals surface area contributed by atoms with Crippen LogP contribution in [0, 0.1) is 5.41 Å². The van der Waals surface area contributed by atoms with Crippen molar-refractivity contribution in [2.75, 3.05) is 11.9 Å². The number of benzene rings is 1. The predicted octanol–water partition coefficient (Wildman–Crippen LogP) is 4.00. The van der Waals surface area contributed by atoms with E-state index in [0.29, 0.717) is 0 Å². The lowest BCUT2D eigenvalue weighted by Crippen LogP contribution is -2.22. The molecule has 2 N–H and O–H groups in total. The van der Waals surface area contributed by atoms with Crippen LogP contribution in [0.25, 0.3) is 0 Å². The molecule has 0 aliphatic carbocycles. The number of carboxylic acid groups (broad SMARTS) is 1. The average Bonchev–Trinajstić information content (AvgIpc) is 2.27. The quantitative estimate of drug-likeness (QED) is 0.864. The van der Waals surface area contributed by atoms with Crippen LogP contribution in [0.2, 0.25) is 0 Å². The van der Waals surface area contributed by atoms with Gasteiger partial charge in [-0.15, -0.1) is 0 Å². The van der Waals surface area contributed by atoms with Crippen LogP contribution in [0.1, 0.15) is 37.6 Å². The monoisotopic (exact) mass is 299 g/mol. The van der Waals surface area contributed by atoms with Gasteiger partial charge in [-0.2, -0.15) is 0 Å². The molecule has 94 valence electrons. The van der Waals surface area contributed by atoms with Crippen molar-refractivity contribution in [3.8, 4) is 0 Å². The first-order valence-electron chi connectivity index (χ1n) is 5.62. The fraction of sp³-hybridized carbons (Fsp3) is 0.462. The van der Waals surface area contributed by atoms with Gasteiger partial charge in [0.15, 0.2) is 0 Å². The first-order valence-corrected chi connectivity index (χ1v) is 6.42. The van der Waals surface area contributed by atoms with Crippen LogP contribution < -0.4 is 5.32 Å². The van der Waals surface area contributed by atoms with E-state index in [1.807, 2.05) is 0 Å². The Bertz CT molecular complexity index is 416. The third-order valence-corrected chi connectivity index (χ3v) is 3.59. The first kappa shape index (κ1) is 14.0. The van der Waals surface area contributed by atoms with E-state index in [1.54, 1.807) is 18.2 Å². The van der Waals surface area contributed by atoms with Gasteiger partial charge in [-0.05, 0) is 46.0 Å². The molecule has 0 bridgehead atoms. The zero-order chi connectivity index (χ0) is 13.1. The number of carboxylic acids is 1. The molecule has 0 fully saturated rings. The third-order valence-electron chi connectivity index (χ3n) is 2.93. The van der Waals surface area contributed by atoms with Crippen LogP contribution in [-0.2, 0) is 0 Å². The van der Waals surface area contributed by atoms with Gasteiger partial charge in [0, 0.05) is 16.7 Å². The Balaban J connectivity index is 2.77. The van der Waals surface area contributed by atoms with Gasteiger partial charge in [0.1, 0.15) is 0 Å². The molecule has 0 aliphatic rings. The van der Waals surface area contributed by atoms with Gasteiger partial charge in [-0.3, -0.25) is 0 Å². The lowest BCUT2D eigenvalue weighted by atomic mass is 9.90. The highest BCUT2D eigenvalue weighted by Gasteiger charge is 2.15. The summed E-state index contributed by atoms with van der Waals surface area (Å²) in [6, 6.07) is 5.01. The van der Waals surface area contributed by atoms with Crippen LogP contribution >= 0.6 is 15.9 Å². The van der Waals surface area contributed by atoms with Gasteiger partial charge in [-0.25, -0.2) is 4.79 Å². The van der Waals surface area contributed by atoms with Gasteiger partial charge >= 0.3 is 5.97 Å². The molecule has 3 nitrogen and oxygen atoms in total. The Labute approximate surface area is 110 Å². The second-order valence-corrected chi connectivity index (χ2v) is 5.73. The van der Waals surface area contributed by atoms with Gasteiger partial charge < -0.3 is 10.4 Å². The van der Waals surface area contributed by atoms with Crippen molar-refractivity contribution >= 4 is 27.6 Å². The SMILES string of the molecule is CCC(C)(C)CNc1ccc(C(=O)O)cc1Br. The molecule has 0 amide bonds. The standard InChI is InChI=1S/C13H18BrNO2/c1-4-13(2,3)8-15-11-6-5-9(12(16)17)7-10(11)14/h5-7,15H,4,8H2,1-3H3,(H,16,17). The summed E-state index contributed by atoms with van der Waals surface area (Å²) in [6.07, 6.45) is 1.09. The van der Waals surface area contributed by atoms with Crippen molar-refractivity contribution in [1.82, 2.24) is 0 Å². The minimum atomic E-state index is -0.911. The maximum Gasteiger partial charge on any atom is 0.335 e. The highest BCUT2D eigenvalue weighted by molar-refractivity contribution is 9.10. The van der Waals surface area contributed by atoms with Crippen molar-refractivity contribution in [3.63, 3.8) is 0 Å². The first-order chi connectivity index (χ1) is 7.85. The largest absolute Gasteiger partial charge is 0.478 e. The number of hydrogen-bond acceptors (Lipinski definition) is 2. The Morgan fingerprint density at radius 1 is 1.47 bits per heavy atom. The van der Waals surface area contributed by atoms with Crippen LogP contribution in [-0.4, -0.2) is 17.6 Å². The number of hydrogen-bond donors (Lipinski definition) is 2. The lowest BCUT2D eigenvalue weighted by molar-refractivity contribution is 0.0697. The van der Waals surface area contributed by atoms with Gasteiger partial charge in [0.05, 0.1) is 5.56 Å². The zero-order valence-corrected chi connectivity index (χ0v) is 12.0. The van der Waals surface area contributed by atoms with Crippen molar-refractivity contribution in [1.29, 1.82) is 0 Å². The van der Waals surface area contributed by atoms with E-state index in [-0.39, 0.29) is 11.0 Å². The highest BCUT2D eigenvalue weighted by Crippen LogP contribution is 2.26. The molecule has 1 aromatic rings. The van der Waals surface area contributed by atoms with Crippen LogP contribution in [0.5, 0.6) is 0 Å². The average molecular weight is 300 g/mol. The fourth-order valence-electron chi connectivity index (χ4n) is 1.25. The Morgan fingerprint density at radius 2 is 2.12 bits per heavy atom. The summed E-state index contributed by atoms with van der Waals surface area (Å²) in [6.45, 7) is 7.40. The van der Waals surface area contributed by atoms with Crippen LogP contribution in [0.3, 0.4) is 0 Å². The number of carbonyl (C=O) groups is 1. The molecule has 0 spiro atoms. The number of nitrogens with one attached hydrogen (secondary N) is 1. The summed E-state index contributed by atoms with van der Waals surface area (Å²) in [4.78, 5) is 10.8. The summed E-state index contributed by atoms with van der Waals surface area (Å²) in [7, 11) is 0. The number of halogens is 1. The molecule has 1 aromatic carbocycles. The third kappa shape index (κ3) is 4.04. The minimum Gasteiger partial charge on any atom is -0.478 e. The molecular formula is C13H18BrNO2. The zero-order valence-electron chi connectivity index (χ0n) is 10.4. The molecule has 0 unspecified atom stereocenters. The number of aromatic carboxylic acids is 1. The molecule has 1 rings (SSSR count). The van der Waals surface area contributed by atoms with E-state index in [0.717, 1.165) is 23.1 Å². The fourth-order valence-corrected chi connectivity index (χ4v) is 1.77. The Morgan fingerprint density at radius 3 is 2.59 bits per heavy atom. The minimum absolute atomic E-state index is 0.227. The van der Waals surface area contributed by atoms with Crippen LogP contribution in [0.15, 0.2) is 22.7 Å². The molecule has 4 heteroatoms. The van der Waals surface area contributed by atoms with E-state index in [9.17, 15) is 4.79 Å². The van der Waals surface area contributed by atoms with Crippen LogP contribution in [0.4, 0.5) is 5.69 Å². The van der Waals surface area contributed by atoms with E-state index < -0.39 is 5.97 Å². The molecule has 0 atom stereocenters. The summed E-state index contributed by atoms with van der Waals surface area (Å²) in [5, 5.41) is 12.2. The van der Waals surface area contributed by atoms with Gasteiger partial charge in [-0.1, -0.05) is 20.8 Å². The topological polar surface area (TPSA) is 49.3 Å². The summed E-state index contributed by atoms with van der Waals surface area (Å²) >= 11 is 3.38. The highest BCUT2D eigenvalue weighted by atomic mass is 79.9. The number of anilines is 1. The van der Waals surface area contributed by atoms with E-state index in [1.165, 1.54) is 0 Å². The van der Waals surface area contributed by atoms with Crippen molar-refractivity contribution in [2.24, 2.45) is 5.41 Å². The van der Waals surface area contributed by atoms with E-state index in [2.05, 4.69) is 42.0 Å². The number of rotatable bonds is 5. The molecule has 0 saturated carbocycles. The molecule has 0 radical (unpaired) electrons. The molecule has 0 saturated heterocycles. The predicted molar refractivity (Wildman–Crippen MR) is 73.7 cm³/mol. The van der Waals surface area contributed by atoms with Gasteiger partial charge in [0.2, 0.25) is 0 Å². The Hall–Kier alpha value is -1.03. The second kappa shape index (κ2) is 5.54. The molecule has 0 aliphatic heterocycles. The Kier molecular flexibility index (Phi) is 4.57. The van der Waals surface area contributed by atoms with Crippen molar-refractivity contribution in [2.45, 2.75) is 27.2 Å². The maximum absolute atomic E-state index is 10.8. The lowest BCUT2D eigenvalue weighted by Gasteiger charge is -2.24. The van der Waals surface area contributed by atoms with Crippen molar-refractivity contribution < 1.29 is 9.90 Å². The summed E-state index contributed by atoms with van der Waals surface area (Å²) in [5.74, 6) is -0.911. The smallest absolute Gasteiger partial charge is 0.335 e. The summed E-state index contributed by atoms with van der Waals surface area (Å²) in [5.41, 5.74) is 1.44.